The lowest BCUT2D eigenvalue weighted by Gasteiger charge is -2.09. The highest BCUT2D eigenvalue weighted by Gasteiger charge is 2.15. The molecule has 0 saturated heterocycles. The normalized spacial score (nSPS) is 10.1. The number of nitrogens with one attached hydrogen (secondary N) is 2. The Labute approximate surface area is 161 Å². The zero-order valence-corrected chi connectivity index (χ0v) is 14.9. The smallest absolute Gasteiger partial charge is 0.258 e. The SMILES string of the molecule is C#CCNC(=O)c1ccccc1NC(=O)c1cnn(-c2ccc(Cl)cc2)c1. The second-order valence-electron chi connectivity index (χ2n) is 5.54. The third kappa shape index (κ3) is 4.35. The summed E-state index contributed by atoms with van der Waals surface area (Å²) in [4.78, 5) is 24.7. The molecule has 0 spiro atoms. The van der Waals surface area contributed by atoms with E-state index in [1.165, 1.54) is 6.20 Å². The van der Waals surface area contributed by atoms with E-state index >= 15 is 0 Å². The second-order valence-corrected chi connectivity index (χ2v) is 5.97. The van der Waals surface area contributed by atoms with Crippen LogP contribution in [0.3, 0.4) is 0 Å². The minimum Gasteiger partial charge on any atom is -0.341 e. The van der Waals surface area contributed by atoms with Crippen molar-refractivity contribution < 1.29 is 9.59 Å². The van der Waals surface area contributed by atoms with E-state index in [-0.39, 0.29) is 18.4 Å². The van der Waals surface area contributed by atoms with Crippen LogP contribution in [0.4, 0.5) is 5.69 Å². The van der Waals surface area contributed by atoms with Gasteiger partial charge in [-0.25, -0.2) is 4.68 Å². The maximum absolute atomic E-state index is 12.6. The van der Waals surface area contributed by atoms with Crippen molar-refractivity contribution in [1.29, 1.82) is 0 Å². The molecule has 0 aliphatic heterocycles. The summed E-state index contributed by atoms with van der Waals surface area (Å²) in [6.45, 7) is 0.106. The largest absolute Gasteiger partial charge is 0.341 e. The van der Waals surface area contributed by atoms with Gasteiger partial charge in [-0.05, 0) is 36.4 Å². The Morgan fingerprint density at radius 2 is 1.85 bits per heavy atom. The van der Waals surface area contributed by atoms with Crippen LogP contribution in [0.5, 0.6) is 0 Å². The number of amides is 2. The number of carbonyl (C=O) groups is 2. The van der Waals surface area contributed by atoms with Crippen molar-refractivity contribution in [3.8, 4) is 18.0 Å². The molecule has 27 heavy (non-hydrogen) atoms. The van der Waals surface area contributed by atoms with Gasteiger partial charge in [-0.2, -0.15) is 5.10 Å². The minimum atomic E-state index is -0.382. The van der Waals surface area contributed by atoms with E-state index in [1.54, 1.807) is 59.4 Å². The Bertz CT molecular complexity index is 1020. The first kappa shape index (κ1) is 18.2. The molecule has 0 aliphatic carbocycles. The molecule has 0 unspecified atom stereocenters. The van der Waals surface area contributed by atoms with E-state index in [0.29, 0.717) is 21.8 Å². The van der Waals surface area contributed by atoms with Crippen LogP contribution >= 0.6 is 11.6 Å². The molecule has 2 aromatic carbocycles. The van der Waals surface area contributed by atoms with Gasteiger partial charge in [0.05, 0.1) is 35.2 Å². The monoisotopic (exact) mass is 378 g/mol. The van der Waals surface area contributed by atoms with Gasteiger partial charge in [0.2, 0.25) is 0 Å². The van der Waals surface area contributed by atoms with E-state index in [2.05, 4.69) is 21.7 Å². The Kier molecular flexibility index (Phi) is 5.55. The molecule has 0 atom stereocenters. The Morgan fingerprint density at radius 1 is 1.11 bits per heavy atom. The predicted octanol–water partition coefficient (Wildman–Crippen LogP) is 3.14. The third-order valence-corrected chi connectivity index (χ3v) is 3.96. The molecule has 0 radical (unpaired) electrons. The van der Waals surface area contributed by atoms with E-state index in [4.69, 9.17) is 18.0 Å². The molecule has 0 saturated carbocycles. The molecule has 2 amide bonds. The van der Waals surface area contributed by atoms with Crippen molar-refractivity contribution in [3.63, 3.8) is 0 Å². The molecule has 3 aromatic rings. The summed E-state index contributed by atoms with van der Waals surface area (Å²) in [7, 11) is 0. The number of carbonyl (C=O) groups excluding carboxylic acids is 2. The molecule has 7 heteroatoms. The Balaban J connectivity index is 1.78. The molecule has 1 aromatic heterocycles. The number of terminal acetylenes is 1. The average Bonchev–Trinajstić information content (AvgIpc) is 3.17. The molecule has 0 fully saturated rings. The van der Waals surface area contributed by atoms with Gasteiger partial charge >= 0.3 is 0 Å². The summed E-state index contributed by atoms with van der Waals surface area (Å²) in [6.07, 6.45) is 8.20. The Hall–Kier alpha value is -3.56. The van der Waals surface area contributed by atoms with Crippen LogP contribution in [0, 0.1) is 12.3 Å². The lowest BCUT2D eigenvalue weighted by molar-refractivity contribution is 0.0959. The number of nitrogens with zero attached hydrogens (tertiary/aromatic N) is 2. The fourth-order valence-electron chi connectivity index (χ4n) is 2.39. The number of anilines is 1. The lowest BCUT2D eigenvalue weighted by Crippen LogP contribution is -2.25. The third-order valence-electron chi connectivity index (χ3n) is 3.71. The van der Waals surface area contributed by atoms with Gasteiger partial charge in [-0.1, -0.05) is 29.7 Å². The lowest BCUT2D eigenvalue weighted by atomic mass is 10.1. The van der Waals surface area contributed by atoms with Crippen LogP contribution in [0.15, 0.2) is 60.9 Å². The predicted molar refractivity (Wildman–Crippen MR) is 104 cm³/mol. The minimum absolute atomic E-state index is 0.106. The summed E-state index contributed by atoms with van der Waals surface area (Å²) >= 11 is 5.88. The van der Waals surface area contributed by atoms with Crippen molar-refractivity contribution in [3.05, 3.63) is 77.1 Å². The molecule has 6 nitrogen and oxygen atoms in total. The van der Waals surface area contributed by atoms with Crippen LogP contribution < -0.4 is 10.6 Å². The number of benzene rings is 2. The molecule has 3 rings (SSSR count). The van der Waals surface area contributed by atoms with Gasteiger partial charge in [0.15, 0.2) is 0 Å². The van der Waals surface area contributed by atoms with Gasteiger partial charge in [0.25, 0.3) is 11.8 Å². The van der Waals surface area contributed by atoms with Crippen molar-refractivity contribution in [2.75, 3.05) is 11.9 Å². The summed E-state index contributed by atoms with van der Waals surface area (Å²) in [6, 6.07) is 13.8. The highest BCUT2D eigenvalue weighted by molar-refractivity contribution is 6.30. The van der Waals surface area contributed by atoms with Crippen molar-refractivity contribution in [1.82, 2.24) is 15.1 Å². The van der Waals surface area contributed by atoms with Gasteiger partial charge in [0, 0.05) is 11.2 Å². The van der Waals surface area contributed by atoms with Gasteiger partial charge < -0.3 is 10.6 Å². The number of halogens is 1. The fourth-order valence-corrected chi connectivity index (χ4v) is 2.51. The van der Waals surface area contributed by atoms with E-state index in [1.807, 2.05) is 0 Å². The van der Waals surface area contributed by atoms with Gasteiger partial charge in [-0.3, -0.25) is 9.59 Å². The Morgan fingerprint density at radius 3 is 2.59 bits per heavy atom. The zero-order chi connectivity index (χ0) is 19.2. The molecule has 2 N–H and O–H groups in total. The molecular formula is C20H15ClN4O2. The van der Waals surface area contributed by atoms with Crippen LogP contribution in [-0.2, 0) is 0 Å². The molecule has 0 bridgehead atoms. The highest BCUT2D eigenvalue weighted by atomic mass is 35.5. The molecular weight excluding hydrogens is 364 g/mol. The van der Waals surface area contributed by atoms with Crippen molar-refractivity contribution >= 4 is 29.1 Å². The first-order chi connectivity index (χ1) is 13.1. The quantitative estimate of drug-likeness (QED) is 0.670. The van der Waals surface area contributed by atoms with Gasteiger partial charge in [0.1, 0.15) is 0 Å². The van der Waals surface area contributed by atoms with E-state index < -0.39 is 0 Å². The number of rotatable bonds is 5. The summed E-state index contributed by atoms with van der Waals surface area (Å²) in [5, 5.41) is 10.1. The second kappa shape index (κ2) is 8.21. The maximum atomic E-state index is 12.6. The van der Waals surface area contributed by atoms with Crippen LogP contribution in [0.1, 0.15) is 20.7 Å². The van der Waals surface area contributed by atoms with Crippen molar-refractivity contribution in [2.24, 2.45) is 0 Å². The van der Waals surface area contributed by atoms with Gasteiger partial charge in [-0.15, -0.1) is 6.42 Å². The molecule has 134 valence electrons. The van der Waals surface area contributed by atoms with Crippen LogP contribution in [-0.4, -0.2) is 28.1 Å². The summed E-state index contributed by atoms with van der Waals surface area (Å²) in [5.41, 5.74) is 1.83. The molecule has 1 heterocycles. The number of hydrogen-bond acceptors (Lipinski definition) is 3. The standard InChI is InChI=1S/C20H15ClN4O2/c1-2-11-22-20(27)17-5-3-4-6-18(17)24-19(26)14-12-23-25(13-14)16-9-7-15(21)8-10-16/h1,3-10,12-13H,11H2,(H,22,27)(H,24,26). The topological polar surface area (TPSA) is 76.0 Å². The number of para-hydroxylation sites is 1. The zero-order valence-electron chi connectivity index (χ0n) is 14.1. The average molecular weight is 379 g/mol. The number of aromatic nitrogens is 2. The van der Waals surface area contributed by atoms with Crippen molar-refractivity contribution in [2.45, 2.75) is 0 Å². The number of hydrogen-bond donors (Lipinski definition) is 2. The summed E-state index contributed by atoms with van der Waals surface area (Å²) in [5.74, 6) is 1.60. The first-order valence-corrected chi connectivity index (χ1v) is 8.39. The maximum Gasteiger partial charge on any atom is 0.258 e. The van der Waals surface area contributed by atoms with Crippen LogP contribution in [0.25, 0.3) is 5.69 Å². The van der Waals surface area contributed by atoms with E-state index in [0.717, 1.165) is 5.69 Å². The highest BCUT2D eigenvalue weighted by Crippen LogP contribution is 2.17. The summed E-state index contributed by atoms with van der Waals surface area (Å²) < 4.78 is 1.57. The van der Waals surface area contributed by atoms with E-state index in [9.17, 15) is 9.59 Å². The molecule has 0 aliphatic rings. The van der Waals surface area contributed by atoms with Crippen LogP contribution in [0.2, 0.25) is 5.02 Å². The fraction of sp³-hybridized carbons (Fsp3) is 0.0500. The first-order valence-electron chi connectivity index (χ1n) is 8.01.